The first-order valence-corrected chi connectivity index (χ1v) is 6.26. The number of unbranched alkanes of at least 4 members (excludes halogenated alkanes) is 1. The zero-order valence-electron chi connectivity index (χ0n) is 11.1. The normalized spacial score (nSPS) is 10.3. The number of hydrogen-bond donors (Lipinski definition) is 2. The van der Waals surface area contributed by atoms with E-state index < -0.39 is 0 Å². The maximum atomic E-state index is 5.55. The van der Waals surface area contributed by atoms with Gasteiger partial charge in [0, 0.05) is 25.8 Å². The van der Waals surface area contributed by atoms with E-state index in [2.05, 4.69) is 22.2 Å². The minimum atomic E-state index is 0.205. The minimum absolute atomic E-state index is 0.205. The first-order chi connectivity index (χ1) is 8.76. The van der Waals surface area contributed by atoms with Crippen LogP contribution in [-0.2, 0) is 4.74 Å². The summed E-state index contributed by atoms with van der Waals surface area (Å²) in [6.07, 6.45) is 3.21. The SMILES string of the molecule is CCCCOCCCNc1cc(OC)nc(N)n1. The Hall–Kier alpha value is -1.56. The minimum Gasteiger partial charge on any atom is -0.481 e. The molecule has 1 heterocycles. The molecule has 6 nitrogen and oxygen atoms in total. The first-order valence-electron chi connectivity index (χ1n) is 6.26. The molecule has 0 atom stereocenters. The standard InChI is InChI=1S/C12H22N4O2/c1-3-4-7-18-8-5-6-14-10-9-11(17-2)16-12(13)15-10/h9H,3-8H2,1-2H3,(H3,13,14,15,16). The number of nitrogen functional groups attached to an aromatic ring is 1. The molecule has 0 fully saturated rings. The van der Waals surface area contributed by atoms with E-state index in [0.717, 1.165) is 39.0 Å². The molecule has 1 rings (SSSR count). The van der Waals surface area contributed by atoms with Crippen molar-refractivity contribution in [2.45, 2.75) is 26.2 Å². The van der Waals surface area contributed by atoms with Crippen LogP contribution in [0.2, 0.25) is 0 Å². The fraction of sp³-hybridized carbons (Fsp3) is 0.667. The summed E-state index contributed by atoms with van der Waals surface area (Å²) in [6, 6.07) is 1.72. The van der Waals surface area contributed by atoms with E-state index in [9.17, 15) is 0 Å². The van der Waals surface area contributed by atoms with E-state index >= 15 is 0 Å². The maximum absolute atomic E-state index is 5.55. The highest BCUT2D eigenvalue weighted by Crippen LogP contribution is 2.13. The van der Waals surface area contributed by atoms with E-state index in [-0.39, 0.29) is 5.95 Å². The predicted molar refractivity (Wildman–Crippen MR) is 71.8 cm³/mol. The van der Waals surface area contributed by atoms with Gasteiger partial charge in [-0.25, -0.2) is 0 Å². The highest BCUT2D eigenvalue weighted by atomic mass is 16.5. The molecule has 0 aromatic carbocycles. The lowest BCUT2D eigenvalue weighted by molar-refractivity contribution is 0.131. The van der Waals surface area contributed by atoms with Gasteiger partial charge in [0.1, 0.15) is 5.82 Å². The van der Waals surface area contributed by atoms with Crippen LogP contribution in [0.3, 0.4) is 0 Å². The molecule has 102 valence electrons. The molecule has 0 unspecified atom stereocenters. The van der Waals surface area contributed by atoms with Gasteiger partial charge in [0.15, 0.2) is 0 Å². The zero-order chi connectivity index (χ0) is 13.2. The van der Waals surface area contributed by atoms with Crippen molar-refractivity contribution < 1.29 is 9.47 Å². The Balaban J connectivity index is 2.20. The average Bonchev–Trinajstić information content (AvgIpc) is 2.37. The van der Waals surface area contributed by atoms with E-state index in [0.29, 0.717) is 11.7 Å². The molecule has 0 saturated carbocycles. The Kier molecular flexibility index (Phi) is 6.86. The lowest BCUT2D eigenvalue weighted by Gasteiger charge is -2.08. The number of nitrogens with one attached hydrogen (secondary N) is 1. The lowest BCUT2D eigenvalue weighted by Crippen LogP contribution is -2.09. The van der Waals surface area contributed by atoms with Crippen LogP contribution in [-0.4, -0.2) is 36.8 Å². The van der Waals surface area contributed by atoms with Crippen molar-refractivity contribution in [3.63, 3.8) is 0 Å². The topological polar surface area (TPSA) is 82.3 Å². The molecule has 0 aliphatic carbocycles. The molecule has 0 radical (unpaired) electrons. The van der Waals surface area contributed by atoms with Gasteiger partial charge in [0.25, 0.3) is 0 Å². The second-order valence-corrected chi connectivity index (χ2v) is 3.90. The van der Waals surface area contributed by atoms with Crippen molar-refractivity contribution in [1.29, 1.82) is 0 Å². The van der Waals surface area contributed by atoms with Gasteiger partial charge in [0.2, 0.25) is 11.8 Å². The largest absolute Gasteiger partial charge is 0.481 e. The molecule has 3 N–H and O–H groups in total. The van der Waals surface area contributed by atoms with Crippen molar-refractivity contribution in [3.05, 3.63) is 6.07 Å². The van der Waals surface area contributed by atoms with Crippen molar-refractivity contribution in [2.24, 2.45) is 0 Å². The highest BCUT2D eigenvalue weighted by molar-refractivity contribution is 5.42. The summed E-state index contributed by atoms with van der Waals surface area (Å²) < 4.78 is 10.5. The van der Waals surface area contributed by atoms with Crippen LogP contribution in [0.15, 0.2) is 6.07 Å². The van der Waals surface area contributed by atoms with Gasteiger partial charge < -0.3 is 20.5 Å². The van der Waals surface area contributed by atoms with Crippen LogP contribution in [0.4, 0.5) is 11.8 Å². The van der Waals surface area contributed by atoms with Gasteiger partial charge >= 0.3 is 0 Å². The maximum Gasteiger partial charge on any atom is 0.225 e. The fourth-order valence-corrected chi connectivity index (χ4v) is 1.38. The number of aromatic nitrogens is 2. The second-order valence-electron chi connectivity index (χ2n) is 3.90. The number of nitrogens with two attached hydrogens (primary N) is 1. The average molecular weight is 254 g/mol. The van der Waals surface area contributed by atoms with Gasteiger partial charge in [0.05, 0.1) is 7.11 Å². The highest BCUT2D eigenvalue weighted by Gasteiger charge is 2.01. The van der Waals surface area contributed by atoms with Crippen LogP contribution in [0, 0.1) is 0 Å². The molecule has 0 spiro atoms. The monoisotopic (exact) mass is 254 g/mol. The molecular formula is C12H22N4O2. The van der Waals surface area contributed by atoms with Crippen molar-refractivity contribution in [1.82, 2.24) is 9.97 Å². The summed E-state index contributed by atoms with van der Waals surface area (Å²) in [4.78, 5) is 7.97. The summed E-state index contributed by atoms with van der Waals surface area (Å²) in [5.41, 5.74) is 5.55. The van der Waals surface area contributed by atoms with Crippen LogP contribution in [0.5, 0.6) is 5.88 Å². The van der Waals surface area contributed by atoms with Crippen LogP contribution in [0.25, 0.3) is 0 Å². The number of anilines is 2. The van der Waals surface area contributed by atoms with Crippen LogP contribution >= 0.6 is 0 Å². The molecular weight excluding hydrogens is 232 g/mol. The Morgan fingerprint density at radius 3 is 2.78 bits per heavy atom. The number of ether oxygens (including phenoxy) is 2. The number of hydrogen-bond acceptors (Lipinski definition) is 6. The van der Waals surface area contributed by atoms with E-state index in [1.54, 1.807) is 13.2 Å². The number of rotatable bonds is 9. The Bertz CT molecular complexity index is 347. The molecule has 1 aromatic rings. The van der Waals surface area contributed by atoms with Gasteiger partial charge in [-0.3, -0.25) is 0 Å². The molecule has 0 amide bonds. The summed E-state index contributed by atoms with van der Waals surface area (Å²) in [6.45, 7) is 4.53. The van der Waals surface area contributed by atoms with Crippen molar-refractivity contribution >= 4 is 11.8 Å². The van der Waals surface area contributed by atoms with Gasteiger partial charge in [-0.2, -0.15) is 9.97 Å². The Morgan fingerprint density at radius 2 is 2.06 bits per heavy atom. The van der Waals surface area contributed by atoms with Gasteiger partial charge in [-0.05, 0) is 12.8 Å². The number of nitrogens with zero attached hydrogens (tertiary/aromatic N) is 2. The van der Waals surface area contributed by atoms with Crippen molar-refractivity contribution in [2.75, 3.05) is 37.9 Å². The van der Waals surface area contributed by atoms with Gasteiger partial charge in [-0.15, -0.1) is 0 Å². The van der Waals surface area contributed by atoms with Gasteiger partial charge in [-0.1, -0.05) is 13.3 Å². The molecule has 0 bridgehead atoms. The summed E-state index contributed by atoms with van der Waals surface area (Å²) in [7, 11) is 1.55. The third-order valence-corrected chi connectivity index (χ3v) is 2.34. The number of methoxy groups -OCH3 is 1. The first kappa shape index (κ1) is 14.5. The predicted octanol–water partition coefficient (Wildman–Crippen LogP) is 1.69. The quantitative estimate of drug-likeness (QED) is 0.652. The second kappa shape index (κ2) is 8.52. The molecule has 0 saturated heterocycles. The Morgan fingerprint density at radius 1 is 1.28 bits per heavy atom. The smallest absolute Gasteiger partial charge is 0.225 e. The lowest BCUT2D eigenvalue weighted by atomic mass is 10.3. The Labute approximate surface area is 108 Å². The van der Waals surface area contributed by atoms with E-state index in [1.165, 1.54) is 0 Å². The van der Waals surface area contributed by atoms with E-state index in [4.69, 9.17) is 15.2 Å². The molecule has 1 aromatic heterocycles. The third-order valence-electron chi connectivity index (χ3n) is 2.34. The summed E-state index contributed by atoms with van der Waals surface area (Å²) in [5.74, 6) is 1.34. The third kappa shape index (κ3) is 5.67. The van der Waals surface area contributed by atoms with Crippen LogP contribution in [0.1, 0.15) is 26.2 Å². The molecule has 0 aliphatic heterocycles. The van der Waals surface area contributed by atoms with Crippen molar-refractivity contribution in [3.8, 4) is 5.88 Å². The molecule has 6 heteroatoms. The fourth-order valence-electron chi connectivity index (χ4n) is 1.38. The van der Waals surface area contributed by atoms with E-state index in [1.807, 2.05) is 0 Å². The molecule has 18 heavy (non-hydrogen) atoms. The molecule has 0 aliphatic rings. The summed E-state index contributed by atoms with van der Waals surface area (Å²) >= 11 is 0. The van der Waals surface area contributed by atoms with Crippen LogP contribution < -0.4 is 15.8 Å². The summed E-state index contributed by atoms with van der Waals surface area (Å²) in [5, 5.41) is 3.16. The zero-order valence-corrected chi connectivity index (χ0v) is 11.1.